The normalized spacial score (nSPS) is 10.5. The summed E-state index contributed by atoms with van der Waals surface area (Å²) in [6.45, 7) is 2.00. The molecule has 0 aliphatic heterocycles. The maximum atomic E-state index is 11.2. The van der Waals surface area contributed by atoms with Gasteiger partial charge in [-0.25, -0.2) is 9.78 Å². The average Bonchev–Trinajstić information content (AvgIpc) is 2.93. The number of carboxylic acids is 1. The van der Waals surface area contributed by atoms with Crippen LogP contribution in [0.3, 0.4) is 0 Å². The highest BCUT2D eigenvalue weighted by molar-refractivity contribution is 5.86. The Kier molecular flexibility index (Phi) is 3.28. The Morgan fingerprint density at radius 2 is 1.86 bits per heavy atom. The summed E-state index contributed by atoms with van der Waals surface area (Å²) >= 11 is 0. The van der Waals surface area contributed by atoms with Crippen LogP contribution in [0.5, 0.6) is 0 Å². The van der Waals surface area contributed by atoms with E-state index in [0.29, 0.717) is 5.82 Å². The second kappa shape index (κ2) is 5.25. The number of aromatic nitrogens is 2. The molecule has 0 radical (unpaired) electrons. The maximum Gasteiger partial charge on any atom is 0.356 e. The Labute approximate surface area is 122 Å². The van der Waals surface area contributed by atoms with Gasteiger partial charge in [-0.3, -0.25) is 4.57 Å². The van der Waals surface area contributed by atoms with E-state index in [2.05, 4.69) is 4.98 Å². The van der Waals surface area contributed by atoms with Crippen molar-refractivity contribution in [3.05, 3.63) is 72.1 Å². The number of hydrogen-bond acceptors (Lipinski definition) is 2. The van der Waals surface area contributed by atoms with Crippen LogP contribution in [0, 0.1) is 6.92 Å². The maximum absolute atomic E-state index is 11.2. The molecule has 1 aromatic heterocycles. The highest BCUT2D eigenvalue weighted by atomic mass is 16.4. The lowest BCUT2D eigenvalue weighted by atomic mass is 10.2. The van der Waals surface area contributed by atoms with Crippen molar-refractivity contribution in [1.82, 2.24) is 9.55 Å². The molecule has 0 spiro atoms. The number of aromatic carboxylic acids is 1. The van der Waals surface area contributed by atoms with E-state index < -0.39 is 5.97 Å². The van der Waals surface area contributed by atoms with Crippen LogP contribution < -0.4 is 0 Å². The van der Waals surface area contributed by atoms with Gasteiger partial charge in [-0.15, -0.1) is 0 Å². The van der Waals surface area contributed by atoms with Gasteiger partial charge in [-0.1, -0.05) is 42.5 Å². The minimum Gasteiger partial charge on any atom is -0.476 e. The summed E-state index contributed by atoms with van der Waals surface area (Å²) in [5.41, 5.74) is 2.92. The van der Waals surface area contributed by atoms with Gasteiger partial charge in [0.15, 0.2) is 5.69 Å². The lowest BCUT2D eigenvalue weighted by Gasteiger charge is -2.08. The lowest BCUT2D eigenvalue weighted by Crippen LogP contribution is -1.96. The smallest absolute Gasteiger partial charge is 0.356 e. The first-order valence-corrected chi connectivity index (χ1v) is 6.60. The highest BCUT2D eigenvalue weighted by Crippen LogP contribution is 2.23. The van der Waals surface area contributed by atoms with Crippen molar-refractivity contribution in [2.24, 2.45) is 0 Å². The summed E-state index contributed by atoms with van der Waals surface area (Å²) in [6.07, 6.45) is 1.56. The number of hydrogen-bond donors (Lipinski definition) is 1. The molecule has 1 heterocycles. The van der Waals surface area contributed by atoms with Crippen molar-refractivity contribution in [3.63, 3.8) is 0 Å². The third kappa shape index (κ3) is 2.56. The summed E-state index contributed by atoms with van der Waals surface area (Å²) in [5.74, 6) is -0.405. The molecule has 0 amide bonds. The van der Waals surface area contributed by atoms with Gasteiger partial charge in [0.25, 0.3) is 0 Å². The van der Waals surface area contributed by atoms with Crippen LogP contribution >= 0.6 is 0 Å². The summed E-state index contributed by atoms with van der Waals surface area (Å²) < 4.78 is 1.81. The second-order valence-corrected chi connectivity index (χ2v) is 4.83. The first-order chi connectivity index (χ1) is 10.1. The predicted molar refractivity (Wildman–Crippen MR) is 80.7 cm³/mol. The number of carbonyl (C=O) groups is 1. The van der Waals surface area contributed by atoms with Gasteiger partial charge in [-0.2, -0.15) is 0 Å². The number of imidazole rings is 1. The quantitative estimate of drug-likeness (QED) is 0.797. The predicted octanol–water partition coefficient (Wildman–Crippen LogP) is 3.55. The second-order valence-electron chi connectivity index (χ2n) is 4.83. The van der Waals surface area contributed by atoms with E-state index in [1.807, 2.05) is 66.1 Å². The van der Waals surface area contributed by atoms with E-state index in [-0.39, 0.29) is 5.69 Å². The molecule has 2 aromatic carbocycles. The van der Waals surface area contributed by atoms with Gasteiger partial charge in [0, 0.05) is 17.4 Å². The third-order valence-corrected chi connectivity index (χ3v) is 3.24. The van der Waals surface area contributed by atoms with E-state index in [1.165, 1.54) is 0 Å². The summed E-state index contributed by atoms with van der Waals surface area (Å²) in [7, 11) is 0. The molecule has 0 bridgehead atoms. The Morgan fingerprint density at radius 3 is 2.52 bits per heavy atom. The molecular formula is C17H14N2O2. The van der Waals surface area contributed by atoms with Crippen LogP contribution in [0.2, 0.25) is 0 Å². The van der Waals surface area contributed by atoms with E-state index in [0.717, 1.165) is 16.8 Å². The zero-order valence-corrected chi connectivity index (χ0v) is 11.5. The number of rotatable bonds is 3. The molecule has 0 aliphatic carbocycles. The van der Waals surface area contributed by atoms with Crippen molar-refractivity contribution >= 4 is 5.97 Å². The fraction of sp³-hybridized carbons (Fsp3) is 0.0588. The standard InChI is InChI=1S/C17H14N2O2/c1-12-6-5-9-14(10-12)19-11-15(17(20)21)18-16(19)13-7-3-2-4-8-13/h2-11H,1H3,(H,20,21). The van der Waals surface area contributed by atoms with E-state index in [1.54, 1.807) is 6.20 Å². The Balaban J connectivity index is 2.21. The van der Waals surface area contributed by atoms with E-state index >= 15 is 0 Å². The molecule has 104 valence electrons. The van der Waals surface area contributed by atoms with Crippen LogP contribution in [0.4, 0.5) is 0 Å². The molecule has 3 rings (SSSR count). The van der Waals surface area contributed by atoms with Gasteiger partial charge in [0.1, 0.15) is 5.82 Å². The highest BCUT2D eigenvalue weighted by Gasteiger charge is 2.15. The molecule has 21 heavy (non-hydrogen) atoms. The summed E-state index contributed by atoms with van der Waals surface area (Å²) in [4.78, 5) is 15.5. The van der Waals surface area contributed by atoms with Crippen molar-refractivity contribution in [1.29, 1.82) is 0 Å². The molecule has 0 saturated heterocycles. The van der Waals surface area contributed by atoms with E-state index in [4.69, 9.17) is 0 Å². The number of aryl methyl sites for hydroxylation is 1. The molecule has 4 nitrogen and oxygen atoms in total. The first-order valence-electron chi connectivity index (χ1n) is 6.60. The molecule has 0 unspecified atom stereocenters. The first kappa shape index (κ1) is 13.1. The molecule has 0 atom stereocenters. The van der Waals surface area contributed by atoms with Crippen LogP contribution in [0.15, 0.2) is 60.8 Å². The monoisotopic (exact) mass is 278 g/mol. The fourth-order valence-electron chi connectivity index (χ4n) is 2.25. The molecule has 3 aromatic rings. The zero-order chi connectivity index (χ0) is 14.8. The number of carboxylic acid groups (broad SMARTS) is 1. The van der Waals surface area contributed by atoms with Crippen molar-refractivity contribution < 1.29 is 9.90 Å². The number of benzene rings is 2. The zero-order valence-electron chi connectivity index (χ0n) is 11.5. The largest absolute Gasteiger partial charge is 0.476 e. The molecule has 0 aliphatic rings. The Morgan fingerprint density at radius 1 is 1.10 bits per heavy atom. The van der Waals surface area contributed by atoms with Crippen molar-refractivity contribution in [2.75, 3.05) is 0 Å². The number of nitrogens with zero attached hydrogens (tertiary/aromatic N) is 2. The van der Waals surface area contributed by atoms with Crippen LogP contribution in [0.25, 0.3) is 17.1 Å². The van der Waals surface area contributed by atoms with Crippen molar-refractivity contribution in [2.45, 2.75) is 6.92 Å². The van der Waals surface area contributed by atoms with Gasteiger partial charge in [0.2, 0.25) is 0 Å². The Bertz CT molecular complexity index is 792. The SMILES string of the molecule is Cc1cccc(-n2cc(C(=O)O)nc2-c2ccccc2)c1. The van der Waals surface area contributed by atoms with Gasteiger partial charge >= 0.3 is 5.97 Å². The minimum absolute atomic E-state index is 0.0374. The topological polar surface area (TPSA) is 55.1 Å². The molecule has 4 heteroatoms. The fourth-order valence-corrected chi connectivity index (χ4v) is 2.25. The van der Waals surface area contributed by atoms with Crippen LogP contribution in [-0.4, -0.2) is 20.6 Å². The summed E-state index contributed by atoms with van der Waals surface area (Å²) in [6, 6.07) is 17.4. The molecule has 1 N–H and O–H groups in total. The molecular weight excluding hydrogens is 264 g/mol. The third-order valence-electron chi connectivity index (χ3n) is 3.24. The van der Waals surface area contributed by atoms with Crippen molar-refractivity contribution in [3.8, 4) is 17.1 Å². The molecule has 0 fully saturated rings. The average molecular weight is 278 g/mol. The van der Waals surface area contributed by atoms with Gasteiger partial charge in [0.05, 0.1) is 0 Å². The summed E-state index contributed by atoms with van der Waals surface area (Å²) in [5, 5.41) is 9.20. The lowest BCUT2D eigenvalue weighted by molar-refractivity contribution is 0.0691. The van der Waals surface area contributed by atoms with E-state index in [9.17, 15) is 9.90 Å². The van der Waals surface area contributed by atoms with Gasteiger partial charge in [-0.05, 0) is 24.6 Å². The Hall–Kier alpha value is -2.88. The minimum atomic E-state index is -1.03. The molecule has 0 saturated carbocycles. The van der Waals surface area contributed by atoms with Gasteiger partial charge < -0.3 is 5.11 Å². The van der Waals surface area contributed by atoms with Crippen LogP contribution in [0.1, 0.15) is 16.1 Å². The van der Waals surface area contributed by atoms with Crippen LogP contribution in [-0.2, 0) is 0 Å².